The number of aromatic nitrogens is 1. The van der Waals surface area contributed by atoms with Gasteiger partial charge in [0.25, 0.3) is 11.5 Å². The molecule has 0 atom stereocenters. The first-order valence-electron chi connectivity index (χ1n) is 8.15. The quantitative estimate of drug-likeness (QED) is 0.852. The number of benzene rings is 1. The summed E-state index contributed by atoms with van der Waals surface area (Å²) >= 11 is 0. The highest BCUT2D eigenvalue weighted by molar-refractivity contribution is 5.96. The van der Waals surface area contributed by atoms with Gasteiger partial charge in [0.05, 0.1) is 5.56 Å². The molecule has 1 aromatic heterocycles. The number of aromatic hydroxyl groups is 2. The Hall–Kier alpha value is -2.87. The molecular weight excluding hydrogens is 341 g/mol. The molecule has 1 amide bonds. The lowest BCUT2D eigenvalue weighted by Crippen LogP contribution is -2.45. The Morgan fingerprint density at radius 3 is 2.35 bits per heavy atom. The molecule has 1 aromatic carbocycles. The summed E-state index contributed by atoms with van der Waals surface area (Å²) in [5.74, 6) is -2.07. The number of nitrogens with zero attached hydrogens (tertiary/aromatic N) is 3. The predicted molar refractivity (Wildman–Crippen MR) is 92.6 cm³/mol. The van der Waals surface area contributed by atoms with Crippen molar-refractivity contribution in [3.8, 4) is 11.5 Å². The van der Waals surface area contributed by atoms with Gasteiger partial charge in [-0.05, 0) is 31.8 Å². The fourth-order valence-electron chi connectivity index (χ4n) is 3.07. The van der Waals surface area contributed by atoms with E-state index < -0.39 is 23.0 Å². The Labute approximate surface area is 149 Å². The average molecular weight is 361 g/mol. The molecule has 2 heterocycles. The van der Waals surface area contributed by atoms with Crippen molar-refractivity contribution in [3.05, 3.63) is 57.3 Å². The Bertz CT molecular complexity index is 906. The third-order valence-electron chi connectivity index (χ3n) is 4.35. The minimum Gasteiger partial charge on any atom is -0.504 e. The molecule has 7 nitrogen and oxygen atoms in total. The second-order valence-electron chi connectivity index (χ2n) is 6.57. The molecule has 0 saturated heterocycles. The van der Waals surface area contributed by atoms with Gasteiger partial charge in [0, 0.05) is 26.2 Å². The van der Waals surface area contributed by atoms with E-state index in [2.05, 4.69) is 0 Å². The zero-order chi connectivity index (χ0) is 19.0. The highest BCUT2D eigenvalue weighted by Gasteiger charge is 2.32. The fourth-order valence-corrected chi connectivity index (χ4v) is 3.07. The number of halogens is 1. The van der Waals surface area contributed by atoms with E-state index in [0.29, 0.717) is 0 Å². The summed E-state index contributed by atoms with van der Waals surface area (Å²) in [7, 11) is 3.46. The van der Waals surface area contributed by atoms with E-state index in [4.69, 9.17) is 0 Å². The molecule has 0 unspecified atom stereocenters. The van der Waals surface area contributed by atoms with E-state index in [9.17, 15) is 24.2 Å². The van der Waals surface area contributed by atoms with Crippen LogP contribution in [0, 0.1) is 5.82 Å². The standard InChI is InChI=1S/C18H20FN3O4/c1-20(2)10-13-15(23)16(24)14-18(26)21(7-8-22(14)17(13)25)9-11-3-5-12(19)6-4-11/h3-6,23-24H,7-10H2,1-2H3. The van der Waals surface area contributed by atoms with E-state index in [1.54, 1.807) is 31.1 Å². The minimum atomic E-state index is -0.588. The van der Waals surface area contributed by atoms with Crippen LogP contribution in [0.3, 0.4) is 0 Å². The average Bonchev–Trinajstić information content (AvgIpc) is 2.60. The summed E-state index contributed by atoms with van der Waals surface area (Å²) in [4.78, 5) is 28.5. The molecule has 0 spiro atoms. The third kappa shape index (κ3) is 3.15. The lowest BCUT2D eigenvalue weighted by Gasteiger charge is -2.30. The van der Waals surface area contributed by atoms with Crippen LogP contribution in [0.5, 0.6) is 11.5 Å². The first kappa shape index (κ1) is 17.9. The molecule has 138 valence electrons. The van der Waals surface area contributed by atoms with Gasteiger partial charge in [0.2, 0.25) is 0 Å². The van der Waals surface area contributed by atoms with Crippen LogP contribution in [0.25, 0.3) is 0 Å². The second kappa shape index (κ2) is 6.80. The monoisotopic (exact) mass is 361 g/mol. The van der Waals surface area contributed by atoms with Crippen LogP contribution < -0.4 is 5.56 Å². The lowest BCUT2D eigenvalue weighted by molar-refractivity contribution is 0.0679. The van der Waals surface area contributed by atoms with Gasteiger partial charge in [-0.3, -0.25) is 14.2 Å². The number of carbonyl (C=O) groups excluding carboxylic acids is 1. The predicted octanol–water partition coefficient (Wildman–Crippen LogP) is 1.12. The first-order chi connectivity index (χ1) is 12.3. The maximum atomic E-state index is 13.0. The van der Waals surface area contributed by atoms with Gasteiger partial charge in [-0.2, -0.15) is 0 Å². The van der Waals surface area contributed by atoms with Gasteiger partial charge in [-0.15, -0.1) is 0 Å². The zero-order valence-electron chi connectivity index (χ0n) is 14.6. The Balaban J connectivity index is 1.97. The van der Waals surface area contributed by atoms with Crippen LogP contribution >= 0.6 is 0 Å². The van der Waals surface area contributed by atoms with E-state index in [-0.39, 0.29) is 43.3 Å². The summed E-state index contributed by atoms with van der Waals surface area (Å²) in [5.41, 5.74) is 0.0710. The molecule has 2 N–H and O–H groups in total. The number of carbonyl (C=O) groups is 1. The SMILES string of the molecule is CN(C)Cc1c(O)c(O)c2n(c1=O)CCN(Cc1ccc(F)cc1)C2=O. The van der Waals surface area contributed by atoms with Crippen LogP contribution in [0.2, 0.25) is 0 Å². The highest BCUT2D eigenvalue weighted by atomic mass is 19.1. The third-order valence-corrected chi connectivity index (χ3v) is 4.35. The molecule has 0 saturated carbocycles. The number of pyridine rings is 1. The van der Waals surface area contributed by atoms with E-state index in [1.807, 2.05) is 0 Å². The number of hydrogen-bond acceptors (Lipinski definition) is 5. The first-order valence-corrected chi connectivity index (χ1v) is 8.15. The van der Waals surface area contributed by atoms with Crippen LogP contribution in [0.4, 0.5) is 4.39 Å². The Morgan fingerprint density at radius 2 is 1.73 bits per heavy atom. The zero-order valence-corrected chi connectivity index (χ0v) is 14.6. The summed E-state index contributed by atoms with van der Waals surface area (Å²) in [6, 6.07) is 5.75. The molecule has 0 radical (unpaired) electrons. The van der Waals surface area contributed by atoms with Gasteiger partial charge in [0.1, 0.15) is 5.82 Å². The van der Waals surface area contributed by atoms with Crippen LogP contribution in [0.15, 0.2) is 29.1 Å². The van der Waals surface area contributed by atoms with Gasteiger partial charge in [-0.25, -0.2) is 4.39 Å². The largest absolute Gasteiger partial charge is 0.504 e. The molecule has 26 heavy (non-hydrogen) atoms. The van der Waals surface area contributed by atoms with Gasteiger partial charge < -0.3 is 20.0 Å². The number of hydrogen-bond donors (Lipinski definition) is 2. The molecule has 1 aliphatic heterocycles. The number of fused-ring (bicyclic) bond motifs is 1. The molecule has 0 bridgehead atoms. The van der Waals surface area contributed by atoms with Gasteiger partial charge in [-0.1, -0.05) is 12.1 Å². The maximum Gasteiger partial charge on any atom is 0.274 e. The summed E-state index contributed by atoms with van der Waals surface area (Å²) in [5, 5.41) is 20.5. The normalized spacial score (nSPS) is 14.0. The van der Waals surface area contributed by atoms with Gasteiger partial charge in [0.15, 0.2) is 17.2 Å². The fraction of sp³-hybridized carbons (Fsp3) is 0.333. The minimum absolute atomic E-state index is 0.0519. The summed E-state index contributed by atoms with van der Waals surface area (Å²) in [6.45, 7) is 0.836. The van der Waals surface area contributed by atoms with Crippen molar-refractivity contribution in [2.45, 2.75) is 19.6 Å². The van der Waals surface area contributed by atoms with Crippen molar-refractivity contribution in [3.63, 3.8) is 0 Å². The summed E-state index contributed by atoms with van der Waals surface area (Å²) < 4.78 is 14.2. The van der Waals surface area contributed by atoms with Gasteiger partial charge >= 0.3 is 0 Å². The molecule has 1 aliphatic rings. The Kier molecular flexibility index (Phi) is 4.69. The maximum absolute atomic E-state index is 13.0. The van der Waals surface area contributed by atoms with Crippen molar-refractivity contribution in [2.24, 2.45) is 0 Å². The molecule has 2 aromatic rings. The van der Waals surface area contributed by atoms with Crippen molar-refractivity contribution >= 4 is 5.91 Å². The Morgan fingerprint density at radius 1 is 1.08 bits per heavy atom. The van der Waals surface area contributed by atoms with Crippen LogP contribution in [-0.2, 0) is 19.6 Å². The van der Waals surface area contributed by atoms with Crippen molar-refractivity contribution in [2.75, 3.05) is 20.6 Å². The van der Waals surface area contributed by atoms with E-state index >= 15 is 0 Å². The van der Waals surface area contributed by atoms with E-state index in [1.165, 1.54) is 21.6 Å². The van der Waals surface area contributed by atoms with Crippen molar-refractivity contribution in [1.29, 1.82) is 0 Å². The van der Waals surface area contributed by atoms with Crippen LogP contribution in [0.1, 0.15) is 21.6 Å². The summed E-state index contributed by atoms with van der Waals surface area (Å²) in [6.07, 6.45) is 0. The smallest absolute Gasteiger partial charge is 0.274 e. The second-order valence-corrected chi connectivity index (χ2v) is 6.57. The van der Waals surface area contributed by atoms with Crippen LogP contribution in [-0.4, -0.2) is 51.1 Å². The number of amides is 1. The number of rotatable bonds is 4. The molecule has 0 aliphatic carbocycles. The highest BCUT2D eigenvalue weighted by Crippen LogP contribution is 2.33. The molecular formula is C18H20FN3O4. The van der Waals surface area contributed by atoms with Crippen molar-refractivity contribution < 1.29 is 19.4 Å². The molecule has 3 rings (SSSR count). The van der Waals surface area contributed by atoms with E-state index in [0.717, 1.165) is 5.56 Å². The molecule has 0 fully saturated rings. The molecule has 8 heteroatoms. The lowest BCUT2D eigenvalue weighted by atomic mass is 10.1. The topological polar surface area (TPSA) is 86.0 Å². The van der Waals surface area contributed by atoms with Crippen molar-refractivity contribution in [1.82, 2.24) is 14.4 Å².